The van der Waals surface area contributed by atoms with Gasteiger partial charge in [0.15, 0.2) is 0 Å². The molecule has 0 bridgehead atoms. The minimum absolute atomic E-state index is 0.0623. The van der Waals surface area contributed by atoms with Crippen LogP contribution in [0.25, 0.3) is 0 Å². The highest BCUT2D eigenvalue weighted by Crippen LogP contribution is 2.24. The predicted molar refractivity (Wildman–Crippen MR) is 77.5 cm³/mol. The van der Waals surface area contributed by atoms with E-state index in [1.165, 1.54) is 12.1 Å². The Bertz CT molecular complexity index is 761. The summed E-state index contributed by atoms with van der Waals surface area (Å²) in [5.74, 6) is -1.74. The lowest BCUT2D eigenvalue weighted by molar-refractivity contribution is 0.584. The van der Waals surface area contributed by atoms with Crippen LogP contribution < -0.4 is 10.5 Å². The number of nitrogen functional groups attached to an aromatic ring is 1. The molecule has 3 N–H and O–H groups in total. The monoisotopic (exact) mass is 312 g/mol. The van der Waals surface area contributed by atoms with Gasteiger partial charge in [-0.15, -0.1) is 0 Å². The Balaban J connectivity index is 2.43. The first kappa shape index (κ1) is 15.2. The summed E-state index contributed by atoms with van der Waals surface area (Å²) in [6.07, 6.45) is 0. The average molecular weight is 312 g/mol. The molecule has 0 amide bonds. The van der Waals surface area contributed by atoms with E-state index >= 15 is 0 Å². The van der Waals surface area contributed by atoms with Gasteiger partial charge in [-0.2, -0.15) is 0 Å². The van der Waals surface area contributed by atoms with Gasteiger partial charge in [-0.05, 0) is 49.2 Å². The Morgan fingerprint density at radius 2 is 1.57 bits per heavy atom. The molecule has 2 aromatic carbocycles. The summed E-state index contributed by atoms with van der Waals surface area (Å²) in [7, 11) is -3.97. The second kappa shape index (κ2) is 5.33. The maximum atomic E-state index is 13.1. The number of halogens is 2. The van der Waals surface area contributed by atoms with Crippen molar-refractivity contribution in [2.75, 3.05) is 10.5 Å². The largest absolute Gasteiger partial charge is 0.398 e. The van der Waals surface area contributed by atoms with Crippen molar-refractivity contribution >= 4 is 21.4 Å². The lowest BCUT2D eigenvalue weighted by Crippen LogP contribution is -2.14. The molecule has 112 valence electrons. The van der Waals surface area contributed by atoms with Gasteiger partial charge < -0.3 is 5.73 Å². The Morgan fingerprint density at radius 1 is 1.00 bits per heavy atom. The third kappa shape index (κ3) is 3.30. The van der Waals surface area contributed by atoms with Crippen molar-refractivity contribution in [1.82, 2.24) is 0 Å². The van der Waals surface area contributed by atoms with Gasteiger partial charge in [0.1, 0.15) is 11.6 Å². The molecule has 2 aromatic rings. The van der Waals surface area contributed by atoms with E-state index in [9.17, 15) is 17.2 Å². The first-order chi connectivity index (χ1) is 9.69. The highest BCUT2D eigenvalue weighted by atomic mass is 32.2. The molecule has 4 nitrogen and oxygen atoms in total. The molecule has 0 fully saturated rings. The Hall–Kier alpha value is -2.15. The number of aryl methyl sites for hydroxylation is 1. The van der Waals surface area contributed by atoms with Gasteiger partial charge in [0.2, 0.25) is 0 Å². The van der Waals surface area contributed by atoms with Crippen LogP contribution in [-0.2, 0) is 10.0 Å². The van der Waals surface area contributed by atoms with E-state index in [-0.39, 0.29) is 10.6 Å². The Morgan fingerprint density at radius 3 is 2.10 bits per heavy atom. The van der Waals surface area contributed by atoms with Crippen LogP contribution in [0.4, 0.5) is 20.2 Å². The van der Waals surface area contributed by atoms with Crippen molar-refractivity contribution in [3.63, 3.8) is 0 Å². The van der Waals surface area contributed by atoms with E-state index in [0.717, 1.165) is 17.7 Å². The minimum Gasteiger partial charge on any atom is -0.398 e. The Labute approximate surface area is 121 Å². The second-order valence-electron chi connectivity index (χ2n) is 4.72. The lowest BCUT2D eigenvalue weighted by atomic mass is 10.1. The molecule has 21 heavy (non-hydrogen) atoms. The van der Waals surface area contributed by atoms with Gasteiger partial charge in [-0.25, -0.2) is 17.2 Å². The van der Waals surface area contributed by atoms with Gasteiger partial charge in [0.05, 0.1) is 10.6 Å². The van der Waals surface area contributed by atoms with Crippen molar-refractivity contribution < 1.29 is 17.2 Å². The van der Waals surface area contributed by atoms with Crippen molar-refractivity contribution in [2.24, 2.45) is 0 Å². The van der Waals surface area contributed by atoms with Crippen LogP contribution >= 0.6 is 0 Å². The molecule has 0 unspecified atom stereocenters. The SMILES string of the molecule is Cc1cc(S(=O)(=O)Nc2cc(F)cc(F)c2)cc(N)c1C. The maximum absolute atomic E-state index is 13.1. The van der Waals surface area contributed by atoms with Crippen molar-refractivity contribution in [3.05, 3.63) is 53.1 Å². The summed E-state index contributed by atoms with van der Waals surface area (Å²) in [5, 5.41) is 0. The highest BCUT2D eigenvalue weighted by Gasteiger charge is 2.17. The number of benzene rings is 2. The van der Waals surface area contributed by atoms with Crippen molar-refractivity contribution in [2.45, 2.75) is 18.7 Å². The molecule has 0 aliphatic carbocycles. The van der Waals surface area contributed by atoms with Gasteiger partial charge in [0, 0.05) is 11.8 Å². The standard InChI is InChI=1S/C14H14F2N2O2S/c1-8-3-13(7-14(17)9(8)2)21(19,20)18-12-5-10(15)4-11(16)6-12/h3-7,18H,17H2,1-2H3. The zero-order valence-electron chi connectivity index (χ0n) is 11.4. The fraction of sp³-hybridized carbons (Fsp3) is 0.143. The quantitative estimate of drug-likeness (QED) is 0.856. The van der Waals surface area contributed by atoms with E-state index in [1.807, 2.05) is 0 Å². The molecule has 0 radical (unpaired) electrons. The molecular weight excluding hydrogens is 298 g/mol. The summed E-state index contributed by atoms with van der Waals surface area (Å²) < 4.78 is 52.8. The number of sulfonamides is 1. The molecule has 0 saturated heterocycles. The fourth-order valence-electron chi connectivity index (χ4n) is 1.83. The van der Waals surface area contributed by atoms with E-state index in [1.54, 1.807) is 13.8 Å². The minimum atomic E-state index is -3.97. The third-order valence-corrected chi connectivity index (χ3v) is 4.47. The fourth-order valence-corrected chi connectivity index (χ4v) is 2.99. The number of anilines is 2. The third-order valence-electron chi connectivity index (χ3n) is 3.11. The van der Waals surface area contributed by atoms with Crippen LogP contribution in [0.15, 0.2) is 35.2 Å². The van der Waals surface area contributed by atoms with Crippen LogP contribution in [0.2, 0.25) is 0 Å². The lowest BCUT2D eigenvalue weighted by Gasteiger charge is -2.12. The number of rotatable bonds is 3. The van der Waals surface area contributed by atoms with E-state index in [2.05, 4.69) is 4.72 Å². The van der Waals surface area contributed by atoms with Gasteiger partial charge in [0.25, 0.3) is 10.0 Å². The molecule has 0 aliphatic rings. The van der Waals surface area contributed by atoms with Gasteiger partial charge in [-0.3, -0.25) is 4.72 Å². The van der Waals surface area contributed by atoms with Crippen LogP contribution in [-0.4, -0.2) is 8.42 Å². The smallest absolute Gasteiger partial charge is 0.261 e. The first-order valence-electron chi connectivity index (χ1n) is 6.04. The summed E-state index contributed by atoms with van der Waals surface area (Å²) in [6, 6.07) is 5.20. The molecule has 2 rings (SSSR count). The van der Waals surface area contributed by atoms with Crippen LogP contribution in [0.5, 0.6) is 0 Å². The summed E-state index contributed by atoms with van der Waals surface area (Å²) in [6.45, 7) is 3.50. The zero-order chi connectivity index (χ0) is 15.8. The zero-order valence-corrected chi connectivity index (χ0v) is 12.3. The molecule has 0 heterocycles. The summed E-state index contributed by atoms with van der Waals surface area (Å²) >= 11 is 0. The van der Waals surface area contributed by atoms with Crippen LogP contribution in [0, 0.1) is 25.5 Å². The number of hydrogen-bond donors (Lipinski definition) is 2. The Kier molecular flexibility index (Phi) is 3.87. The number of hydrogen-bond acceptors (Lipinski definition) is 3. The normalized spacial score (nSPS) is 11.4. The highest BCUT2D eigenvalue weighted by molar-refractivity contribution is 7.92. The topological polar surface area (TPSA) is 72.2 Å². The van der Waals surface area contributed by atoms with Crippen molar-refractivity contribution in [3.8, 4) is 0 Å². The van der Waals surface area contributed by atoms with Crippen LogP contribution in [0.3, 0.4) is 0 Å². The van der Waals surface area contributed by atoms with Crippen LogP contribution in [0.1, 0.15) is 11.1 Å². The van der Waals surface area contributed by atoms with Gasteiger partial charge in [-0.1, -0.05) is 0 Å². The molecule has 0 saturated carbocycles. The predicted octanol–water partition coefficient (Wildman–Crippen LogP) is 2.96. The van der Waals surface area contributed by atoms with Crippen molar-refractivity contribution in [1.29, 1.82) is 0 Å². The molecule has 0 aliphatic heterocycles. The molecule has 7 heteroatoms. The van der Waals surface area contributed by atoms with E-state index < -0.39 is 21.7 Å². The number of nitrogens with one attached hydrogen (secondary N) is 1. The summed E-state index contributed by atoms with van der Waals surface area (Å²) in [5.41, 5.74) is 7.38. The van der Waals surface area contributed by atoms with E-state index in [0.29, 0.717) is 17.3 Å². The molecule has 0 aromatic heterocycles. The number of nitrogens with two attached hydrogens (primary N) is 1. The second-order valence-corrected chi connectivity index (χ2v) is 6.40. The molecular formula is C14H14F2N2O2S. The van der Waals surface area contributed by atoms with Gasteiger partial charge >= 0.3 is 0 Å². The molecule has 0 spiro atoms. The average Bonchev–Trinajstić information content (AvgIpc) is 2.33. The molecule has 0 atom stereocenters. The summed E-state index contributed by atoms with van der Waals surface area (Å²) in [4.78, 5) is -0.0623. The van der Waals surface area contributed by atoms with E-state index in [4.69, 9.17) is 5.73 Å². The maximum Gasteiger partial charge on any atom is 0.261 e. The first-order valence-corrected chi connectivity index (χ1v) is 7.53.